The van der Waals surface area contributed by atoms with Crippen molar-refractivity contribution in [3.05, 3.63) is 0 Å². The maximum absolute atomic E-state index is 11.3. The summed E-state index contributed by atoms with van der Waals surface area (Å²) in [6.45, 7) is 9.06. The zero-order valence-electron chi connectivity index (χ0n) is 17.5. The molecule has 0 heterocycles. The highest BCUT2D eigenvalue weighted by Crippen LogP contribution is 2.35. The average molecular weight is 341 g/mol. The molecule has 1 heteroatoms. The third kappa shape index (κ3) is 11.5. The first-order chi connectivity index (χ1) is 11.6. The van der Waals surface area contributed by atoms with E-state index >= 15 is 0 Å². The lowest BCUT2D eigenvalue weighted by Crippen LogP contribution is -2.37. The van der Waals surface area contributed by atoms with Crippen LogP contribution in [0.3, 0.4) is 0 Å². The predicted octanol–water partition coefficient (Wildman–Crippen LogP) is 8.05. The van der Waals surface area contributed by atoms with Gasteiger partial charge < -0.3 is 5.11 Å². The van der Waals surface area contributed by atoms with Gasteiger partial charge in [0.1, 0.15) is 0 Å². The van der Waals surface area contributed by atoms with E-state index < -0.39 is 5.60 Å². The standard InChI is InChI=1S/C23H48O/c1-5-9-11-13-15-17-19-22(8-4)23(24,20-7-3)21-18-16-14-12-10-6-2/h22,24H,5-21H2,1-4H3. The average Bonchev–Trinajstić information content (AvgIpc) is 2.57. The molecule has 146 valence electrons. The molecule has 0 bridgehead atoms. The molecule has 1 nitrogen and oxygen atoms in total. The second-order valence-corrected chi connectivity index (χ2v) is 8.03. The molecule has 24 heavy (non-hydrogen) atoms. The van der Waals surface area contributed by atoms with Crippen LogP contribution >= 0.6 is 0 Å². The molecule has 0 fully saturated rings. The van der Waals surface area contributed by atoms with Crippen molar-refractivity contribution in [2.45, 2.75) is 142 Å². The Hall–Kier alpha value is -0.0400. The van der Waals surface area contributed by atoms with E-state index in [-0.39, 0.29) is 0 Å². The molecular weight excluding hydrogens is 292 g/mol. The van der Waals surface area contributed by atoms with Crippen LogP contribution in [0, 0.1) is 5.92 Å². The number of hydrogen-bond acceptors (Lipinski definition) is 1. The maximum atomic E-state index is 11.3. The van der Waals surface area contributed by atoms with Gasteiger partial charge in [-0.05, 0) is 25.2 Å². The third-order valence-corrected chi connectivity index (χ3v) is 5.81. The van der Waals surface area contributed by atoms with E-state index in [1.54, 1.807) is 0 Å². The van der Waals surface area contributed by atoms with Gasteiger partial charge in [-0.3, -0.25) is 0 Å². The zero-order chi connectivity index (χ0) is 18.1. The molecule has 0 saturated carbocycles. The normalized spacial score (nSPS) is 15.4. The quantitative estimate of drug-likeness (QED) is 0.250. The van der Waals surface area contributed by atoms with Crippen molar-refractivity contribution in [2.75, 3.05) is 0 Å². The Balaban J connectivity index is 4.17. The Bertz CT molecular complexity index is 250. The summed E-state index contributed by atoms with van der Waals surface area (Å²) in [6, 6.07) is 0. The van der Waals surface area contributed by atoms with Gasteiger partial charge in [0.25, 0.3) is 0 Å². The van der Waals surface area contributed by atoms with Crippen LogP contribution in [0.2, 0.25) is 0 Å². The van der Waals surface area contributed by atoms with Crippen LogP contribution in [-0.2, 0) is 0 Å². The van der Waals surface area contributed by atoms with Crippen molar-refractivity contribution >= 4 is 0 Å². The number of aliphatic hydroxyl groups is 1. The van der Waals surface area contributed by atoms with Crippen molar-refractivity contribution in [1.29, 1.82) is 0 Å². The molecule has 0 radical (unpaired) electrons. The fraction of sp³-hybridized carbons (Fsp3) is 1.00. The molecule has 0 aromatic heterocycles. The molecule has 0 aromatic carbocycles. The summed E-state index contributed by atoms with van der Waals surface area (Å²) in [4.78, 5) is 0. The van der Waals surface area contributed by atoms with E-state index in [1.807, 2.05) is 0 Å². The second-order valence-electron chi connectivity index (χ2n) is 8.03. The van der Waals surface area contributed by atoms with Gasteiger partial charge in [-0.1, -0.05) is 118 Å². The minimum atomic E-state index is -0.391. The van der Waals surface area contributed by atoms with Crippen LogP contribution in [0.1, 0.15) is 137 Å². The van der Waals surface area contributed by atoms with E-state index in [1.165, 1.54) is 83.5 Å². The maximum Gasteiger partial charge on any atom is 0.0675 e. The van der Waals surface area contributed by atoms with Gasteiger partial charge >= 0.3 is 0 Å². The predicted molar refractivity (Wildman–Crippen MR) is 110 cm³/mol. The van der Waals surface area contributed by atoms with Crippen LogP contribution in [0.5, 0.6) is 0 Å². The highest BCUT2D eigenvalue weighted by molar-refractivity contribution is 4.85. The zero-order valence-corrected chi connectivity index (χ0v) is 17.5. The Kier molecular flexibility index (Phi) is 16.4. The lowest BCUT2D eigenvalue weighted by atomic mass is 9.75. The Labute approximate surface area is 154 Å². The molecule has 1 N–H and O–H groups in total. The van der Waals surface area contributed by atoms with Crippen molar-refractivity contribution < 1.29 is 5.11 Å². The summed E-state index contributed by atoms with van der Waals surface area (Å²) in [5.74, 6) is 0.513. The molecule has 0 aliphatic carbocycles. The molecule has 0 saturated heterocycles. The van der Waals surface area contributed by atoms with Gasteiger partial charge in [-0.25, -0.2) is 0 Å². The SMILES string of the molecule is CCCCCCCCC(CC)C(O)(CCC)CCCCCCCC. The first-order valence-electron chi connectivity index (χ1n) is 11.4. The summed E-state index contributed by atoms with van der Waals surface area (Å²) < 4.78 is 0. The summed E-state index contributed by atoms with van der Waals surface area (Å²) in [5, 5.41) is 11.3. The van der Waals surface area contributed by atoms with Gasteiger partial charge in [0.05, 0.1) is 5.60 Å². The summed E-state index contributed by atoms with van der Waals surface area (Å²) in [7, 11) is 0. The smallest absolute Gasteiger partial charge is 0.0675 e. The van der Waals surface area contributed by atoms with Gasteiger partial charge in [0.2, 0.25) is 0 Å². The van der Waals surface area contributed by atoms with E-state index in [9.17, 15) is 5.11 Å². The Morgan fingerprint density at radius 2 is 1.08 bits per heavy atom. The first-order valence-corrected chi connectivity index (χ1v) is 11.4. The summed E-state index contributed by atoms with van der Waals surface area (Å²) in [6.07, 6.45) is 21.6. The van der Waals surface area contributed by atoms with Crippen LogP contribution in [0.15, 0.2) is 0 Å². The topological polar surface area (TPSA) is 20.2 Å². The number of unbranched alkanes of at least 4 members (excludes halogenated alkanes) is 10. The van der Waals surface area contributed by atoms with Crippen LogP contribution in [0.4, 0.5) is 0 Å². The highest BCUT2D eigenvalue weighted by Gasteiger charge is 2.33. The van der Waals surface area contributed by atoms with Gasteiger partial charge in [-0.15, -0.1) is 0 Å². The van der Waals surface area contributed by atoms with Crippen LogP contribution in [-0.4, -0.2) is 10.7 Å². The summed E-state index contributed by atoms with van der Waals surface area (Å²) >= 11 is 0. The molecule has 0 aliphatic rings. The molecule has 2 unspecified atom stereocenters. The molecule has 0 rings (SSSR count). The first kappa shape index (κ1) is 24.0. The fourth-order valence-corrected chi connectivity index (χ4v) is 4.20. The minimum Gasteiger partial charge on any atom is -0.390 e. The van der Waals surface area contributed by atoms with Crippen molar-refractivity contribution in [3.63, 3.8) is 0 Å². The van der Waals surface area contributed by atoms with Gasteiger partial charge in [0, 0.05) is 0 Å². The Morgan fingerprint density at radius 3 is 1.58 bits per heavy atom. The monoisotopic (exact) mass is 340 g/mol. The molecule has 0 aliphatic heterocycles. The van der Waals surface area contributed by atoms with Crippen LogP contribution < -0.4 is 0 Å². The lowest BCUT2D eigenvalue weighted by molar-refractivity contribution is -0.0418. The van der Waals surface area contributed by atoms with Gasteiger partial charge in [0.15, 0.2) is 0 Å². The van der Waals surface area contributed by atoms with E-state index in [0.717, 1.165) is 25.7 Å². The highest BCUT2D eigenvalue weighted by atomic mass is 16.3. The largest absolute Gasteiger partial charge is 0.390 e. The summed E-state index contributed by atoms with van der Waals surface area (Å²) in [5.41, 5.74) is -0.391. The van der Waals surface area contributed by atoms with Crippen molar-refractivity contribution in [2.24, 2.45) is 5.92 Å². The van der Waals surface area contributed by atoms with Gasteiger partial charge in [-0.2, -0.15) is 0 Å². The molecule has 2 atom stereocenters. The van der Waals surface area contributed by atoms with Crippen LogP contribution in [0.25, 0.3) is 0 Å². The van der Waals surface area contributed by atoms with E-state index in [2.05, 4.69) is 27.7 Å². The second kappa shape index (κ2) is 16.4. The molecular formula is C23H48O. The minimum absolute atomic E-state index is 0.391. The fourth-order valence-electron chi connectivity index (χ4n) is 4.20. The molecule has 0 spiro atoms. The number of rotatable bonds is 18. The number of hydrogen-bond donors (Lipinski definition) is 1. The van der Waals surface area contributed by atoms with E-state index in [4.69, 9.17) is 0 Å². The van der Waals surface area contributed by atoms with Crippen molar-refractivity contribution in [1.82, 2.24) is 0 Å². The molecule has 0 aromatic rings. The lowest BCUT2D eigenvalue weighted by Gasteiger charge is -2.36. The Morgan fingerprint density at radius 1 is 0.583 bits per heavy atom. The molecule has 0 amide bonds. The third-order valence-electron chi connectivity index (χ3n) is 5.81. The van der Waals surface area contributed by atoms with Crippen molar-refractivity contribution in [3.8, 4) is 0 Å². The van der Waals surface area contributed by atoms with E-state index in [0.29, 0.717) is 5.92 Å².